The molecule has 8 atom stereocenters. The Morgan fingerprint density at radius 3 is 2.48 bits per heavy atom. The minimum Gasteiger partial charge on any atom is -0.390 e. The van der Waals surface area contributed by atoms with Gasteiger partial charge in [-0.05, 0) is 118 Å². The third kappa shape index (κ3) is 3.48. The van der Waals surface area contributed by atoms with E-state index in [0.29, 0.717) is 22.9 Å². The molecule has 1 aromatic heterocycles. The van der Waals surface area contributed by atoms with Gasteiger partial charge in [0.2, 0.25) is 0 Å². The number of Topliss-reactive ketones (excluding diaryl/α,β-unsaturated/α-hetero) is 1. The fourth-order valence-corrected chi connectivity index (χ4v) is 8.72. The normalized spacial score (nSPS) is 47.2. The molecule has 4 saturated carbocycles. The van der Waals surface area contributed by atoms with Crippen LogP contribution < -0.4 is 0 Å². The van der Waals surface area contributed by atoms with Gasteiger partial charge in [0.25, 0.3) is 0 Å². The number of hydrogen-bond donors (Lipinski definition) is 1. The minimum absolute atomic E-state index is 0.118. The maximum Gasteiger partial charge on any atom is 0.171 e. The van der Waals surface area contributed by atoms with Crippen molar-refractivity contribution >= 4 is 5.78 Å². The zero-order chi connectivity index (χ0) is 22.0. The fraction of sp³-hybridized carbons (Fsp3) is 0.920. The van der Waals surface area contributed by atoms with Crippen molar-refractivity contribution in [1.29, 1.82) is 0 Å². The topological polar surface area (TPSA) is 80.9 Å². The lowest BCUT2D eigenvalue weighted by atomic mass is 9.46. The van der Waals surface area contributed by atoms with Gasteiger partial charge in [0.05, 0.1) is 5.60 Å². The monoisotopic (exact) mass is 428 g/mol. The summed E-state index contributed by atoms with van der Waals surface area (Å²) >= 11 is 0. The van der Waals surface area contributed by atoms with Crippen molar-refractivity contribution in [2.75, 3.05) is 0 Å². The molecule has 0 saturated heterocycles. The number of aliphatic hydroxyl groups is 1. The smallest absolute Gasteiger partial charge is 0.171 e. The van der Waals surface area contributed by atoms with Crippen molar-refractivity contribution in [1.82, 2.24) is 20.2 Å². The minimum atomic E-state index is -0.488. The van der Waals surface area contributed by atoms with E-state index >= 15 is 0 Å². The first-order chi connectivity index (χ1) is 14.6. The highest BCUT2D eigenvalue weighted by Gasteiger charge is 2.60. The summed E-state index contributed by atoms with van der Waals surface area (Å²) in [5, 5.41) is 23.0. The molecule has 4 aliphatic rings. The predicted molar refractivity (Wildman–Crippen MR) is 118 cm³/mol. The Labute approximate surface area is 186 Å². The van der Waals surface area contributed by atoms with E-state index in [0.717, 1.165) is 49.9 Å². The third-order valence-corrected chi connectivity index (χ3v) is 10.5. The highest BCUT2D eigenvalue weighted by molar-refractivity contribution is 5.81. The van der Waals surface area contributed by atoms with Gasteiger partial charge in [0.1, 0.15) is 6.54 Å². The Bertz CT molecular complexity index is 850. The van der Waals surface area contributed by atoms with Crippen molar-refractivity contribution in [2.45, 2.75) is 104 Å². The number of fused-ring (bicyclic) bond motifs is 5. The van der Waals surface area contributed by atoms with E-state index in [1.54, 1.807) is 0 Å². The number of aryl methyl sites for hydroxylation is 1. The summed E-state index contributed by atoms with van der Waals surface area (Å²) < 4.78 is 0. The second kappa shape index (κ2) is 7.36. The maximum absolute atomic E-state index is 13.3. The van der Waals surface area contributed by atoms with E-state index in [1.165, 1.54) is 36.9 Å². The third-order valence-electron chi connectivity index (χ3n) is 10.5. The lowest BCUT2D eigenvalue weighted by molar-refractivity contribution is -0.134. The number of aromatic nitrogens is 4. The van der Waals surface area contributed by atoms with Crippen LogP contribution in [-0.4, -0.2) is 36.7 Å². The largest absolute Gasteiger partial charge is 0.390 e. The number of nitrogens with zero attached hydrogens (tertiary/aromatic N) is 4. The van der Waals surface area contributed by atoms with Gasteiger partial charge in [-0.1, -0.05) is 13.8 Å². The Morgan fingerprint density at radius 2 is 1.74 bits per heavy atom. The zero-order valence-electron chi connectivity index (χ0n) is 19.8. The molecule has 172 valence electrons. The molecule has 6 heteroatoms. The Morgan fingerprint density at radius 1 is 0.968 bits per heavy atom. The summed E-state index contributed by atoms with van der Waals surface area (Å²) in [5.74, 6) is 3.96. The first-order valence-corrected chi connectivity index (χ1v) is 12.6. The lowest BCUT2D eigenvalue weighted by Gasteiger charge is -2.59. The molecule has 1 aromatic rings. The quantitative estimate of drug-likeness (QED) is 0.774. The SMILES string of the molecule is Cc1nnn(CC(=O)[C@H]2CC[C@H]3[C@@H]4CC[C@H]5CC[C@](C)(O)CC[C@]5(C)[C@H]4CC[C@]23C)n1. The second-order valence-corrected chi connectivity index (χ2v) is 12.2. The summed E-state index contributed by atoms with van der Waals surface area (Å²) in [6.07, 6.45) is 11.5. The Hall–Kier alpha value is -1.30. The number of ketones is 1. The standard InChI is InChI=1S/C25H40N4O2/c1-16-26-28-29(27-16)15-22(30)21-8-7-19-18-6-5-17-9-11-23(2,31)13-14-24(17,3)20(18)10-12-25(19,21)4/h17-21,31H,5-15H2,1-4H3/t17-,18-,19-,20-,21+,23-,24-,25-/m0/s1. The van der Waals surface area contributed by atoms with Gasteiger partial charge in [-0.3, -0.25) is 4.79 Å². The molecule has 0 spiro atoms. The van der Waals surface area contributed by atoms with E-state index in [9.17, 15) is 9.90 Å². The summed E-state index contributed by atoms with van der Waals surface area (Å²) in [6.45, 7) is 9.08. The Balaban J connectivity index is 1.35. The van der Waals surface area contributed by atoms with Crippen molar-refractivity contribution in [3.05, 3.63) is 5.82 Å². The van der Waals surface area contributed by atoms with E-state index in [-0.39, 0.29) is 17.9 Å². The van der Waals surface area contributed by atoms with Crippen molar-refractivity contribution < 1.29 is 9.90 Å². The van der Waals surface area contributed by atoms with Crippen LogP contribution in [0.4, 0.5) is 0 Å². The molecule has 1 N–H and O–H groups in total. The molecule has 4 aliphatic carbocycles. The molecule has 0 bridgehead atoms. The van der Waals surface area contributed by atoms with Gasteiger partial charge >= 0.3 is 0 Å². The van der Waals surface area contributed by atoms with Crippen LogP contribution in [-0.2, 0) is 11.3 Å². The van der Waals surface area contributed by atoms with Crippen molar-refractivity contribution in [2.24, 2.45) is 40.4 Å². The summed E-state index contributed by atoms with van der Waals surface area (Å²) in [6, 6.07) is 0. The number of rotatable bonds is 3. The first kappa shape index (κ1) is 21.5. The van der Waals surface area contributed by atoms with Gasteiger partial charge in [0, 0.05) is 5.92 Å². The molecule has 0 unspecified atom stereocenters. The average molecular weight is 429 g/mol. The lowest BCUT2D eigenvalue weighted by Crippen LogP contribution is -2.52. The second-order valence-electron chi connectivity index (χ2n) is 12.2. The van der Waals surface area contributed by atoms with Gasteiger partial charge < -0.3 is 5.11 Å². The fourth-order valence-electron chi connectivity index (χ4n) is 8.72. The van der Waals surface area contributed by atoms with Gasteiger partial charge in [-0.15, -0.1) is 10.2 Å². The zero-order valence-corrected chi connectivity index (χ0v) is 19.8. The Kier molecular flexibility index (Phi) is 5.11. The summed E-state index contributed by atoms with van der Waals surface area (Å²) in [5.41, 5.74) is -0.0139. The van der Waals surface area contributed by atoms with Crippen LogP contribution in [0.2, 0.25) is 0 Å². The van der Waals surface area contributed by atoms with Crippen LogP contribution in [0.1, 0.15) is 90.8 Å². The van der Waals surface area contributed by atoms with Crippen LogP contribution in [0.3, 0.4) is 0 Å². The van der Waals surface area contributed by atoms with Crippen LogP contribution in [0, 0.1) is 47.3 Å². The molecule has 6 nitrogen and oxygen atoms in total. The molecule has 1 heterocycles. The molecule has 0 amide bonds. The van der Waals surface area contributed by atoms with Crippen LogP contribution in [0.15, 0.2) is 0 Å². The van der Waals surface area contributed by atoms with E-state index in [2.05, 4.69) is 29.3 Å². The first-order valence-electron chi connectivity index (χ1n) is 12.6. The molecular weight excluding hydrogens is 388 g/mol. The van der Waals surface area contributed by atoms with Crippen molar-refractivity contribution in [3.63, 3.8) is 0 Å². The van der Waals surface area contributed by atoms with E-state index < -0.39 is 5.60 Å². The molecule has 5 rings (SSSR count). The van der Waals surface area contributed by atoms with Crippen LogP contribution in [0.25, 0.3) is 0 Å². The maximum atomic E-state index is 13.3. The number of hydrogen-bond acceptors (Lipinski definition) is 5. The van der Waals surface area contributed by atoms with Gasteiger partial charge in [-0.25, -0.2) is 0 Å². The van der Waals surface area contributed by atoms with Gasteiger partial charge in [0.15, 0.2) is 11.6 Å². The van der Waals surface area contributed by atoms with Crippen LogP contribution in [0.5, 0.6) is 0 Å². The number of tetrazole rings is 1. The summed E-state index contributed by atoms with van der Waals surface area (Å²) in [4.78, 5) is 14.8. The average Bonchev–Trinajstić information content (AvgIpc) is 3.25. The summed E-state index contributed by atoms with van der Waals surface area (Å²) in [7, 11) is 0. The molecule has 0 radical (unpaired) electrons. The molecule has 31 heavy (non-hydrogen) atoms. The number of carbonyl (C=O) groups is 1. The molecule has 0 aliphatic heterocycles. The number of carbonyl (C=O) groups excluding carboxylic acids is 1. The predicted octanol–water partition coefficient (Wildman–Crippen LogP) is 4.35. The molecule has 4 fully saturated rings. The highest BCUT2D eigenvalue weighted by Crippen LogP contribution is 2.67. The van der Waals surface area contributed by atoms with Crippen molar-refractivity contribution in [3.8, 4) is 0 Å². The highest BCUT2D eigenvalue weighted by atomic mass is 16.3. The van der Waals surface area contributed by atoms with Crippen LogP contribution >= 0.6 is 0 Å². The molecule has 0 aromatic carbocycles. The van der Waals surface area contributed by atoms with Gasteiger partial charge in [-0.2, -0.15) is 4.80 Å². The van der Waals surface area contributed by atoms with E-state index in [4.69, 9.17) is 0 Å². The molecular formula is C25H40N4O2. The van der Waals surface area contributed by atoms with E-state index in [1.807, 2.05) is 13.8 Å².